The molecule has 1 amide bonds. The van der Waals surface area contributed by atoms with Crippen LogP contribution in [0.1, 0.15) is 46.9 Å². The topological polar surface area (TPSA) is 53.1 Å². The zero-order valence-electron chi connectivity index (χ0n) is 19.6. The average Bonchev–Trinajstić information content (AvgIpc) is 3.27. The molecular weight excluding hydrogens is 414 g/mol. The Morgan fingerprint density at radius 3 is 2.42 bits per heavy atom. The number of carbonyl (C=O) groups excluding carboxylic acids is 2. The van der Waals surface area contributed by atoms with Crippen molar-refractivity contribution in [2.75, 3.05) is 52.4 Å². The third-order valence-electron chi connectivity index (χ3n) is 6.75. The number of piperazine rings is 1. The van der Waals surface area contributed by atoms with E-state index >= 15 is 0 Å². The zero-order valence-corrected chi connectivity index (χ0v) is 19.6. The van der Waals surface area contributed by atoms with Crippen LogP contribution in [0.3, 0.4) is 0 Å². The Morgan fingerprint density at radius 1 is 0.939 bits per heavy atom. The van der Waals surface area contributed by atoms with E-state index in [0.29, 0.717) is 56.5 Å². The van der Waals surface area contributed by atoms with Gasteiger partial charge in [-0.2, -0.15) is 0 Å². The smallest absolute Gasteiger partial charge is 0.253 e. The van der Waals surface area contributed by atoms with E-state index in [1.807, 2.05) is 59.5 Å². The van der Waals surface area contributed by atoms with E-state index in [9.17, 15) is 9.59 Å². The van der Waals surface area contributed by atoms with Crippen LogP contribution in [-0.4, -0.2) is 84.9 Å². The van der Waals surface area contributed by atoms with E-state index in [2.05, 4.69) is 16.7 Å². The molecule has 0 N–H and O–H groups in total. The first-order valence-corrected chi connectivity index (χ1v) is 12.2. The fourth-order valence-electron chi connectivity index (χ4n) is 4.71. The molecule has 176 valence electrons. The van der Waals surface area contributed by atoms with Crippen LogP contribution < -0.4 is 4.74 Å². The van der Waals surface area contributed by atoms with E-state index in [1.54, 1.807) is 0 Å². The molecular formula is C27H35N3O3. The highest BCUT2D eigenvalue weighted by atomic mass is 16.5. The molecule has 2 aromatic rings. The lowest BCUT2D eigenvalue weighted by Gasteiger charge is -2.34. The Labute approximate surface area is 197 Å². The maximum atomic E-state index is 12.9. The van der Waals surface area contributed by atoms with Gasteiger partial charge in [0, 0.05) is 49.9 Å². The number of Topliss-reactive ketones (excluding diaryl/α,β-unsaturated/α-hetero) is 1. The van der Waals surface area contributed by atoms with Crippen LogP contribution in [0.15, 0.2) is 54.6 Å². The van der Waals surface area contributed by atoms with E-state index in [-0.39, 0.29) is 11.7 Å². The minimum absolute atomic E-state index is 0.0608. The molecule has 2 aliphatic rings. The quantitative estimate of drug-likeness (QED) is 0.433. The normalized spacial score (nSPS) is 19.5. The van der Waals surface area contributed by atoms with Gasteiger partial charge in [-0.25, -0.2) is 0 Å². The van der Waals surface area contributed by atoms with Gasteiger partial charge < -0.3 is 14.5 Å². The molecule has 2 heterocycles. The molecule has 6 nitrogen and oxygen atoms in total. The van der Waals surface area contributed by atoms with Crippen LogP contribution in [-0.2, 0) is 0 Å². The molecule has 6 heteroatoms. The van der Waals surface area contributed by atoms with Gasteiger partial charge >= 0.3 is 0 Å². The molecule has 33 heavy (non-hydrogen) atoms. The number of hydrogen-bond donors (Lipinski definition) is 0. The first kappa shape index (κ1) is 23.5. The van der Waals surface area contributed by atoms with Crippen LogP contribution in [0.25, 0.3) is 0 Å². The van der Waals surface area contributed by atoms with Crippen molar-refractivity contribution in [2.24, 2.45) is 0 Å². The Kier molecular flexibility index (Phi) is 8.13. The summed E-state index contributed by atoms with van der Waals surface area (Å²) < 4.78 is 5.93. The Bertz CT molecular complexity index is 925. The van der Waals surface area contributed by atoms with Gasteiger partial charge in [-0.1, -0.05) is 30.3 Å². The van der Waals surface area contributed by atoms with Crippen LogP contribution in [0, 0.1) is 0 Å². The van der Waals surface area contributed by atoms with Gasteiger partial charge in [0.15, 0.2) is 5.78 Å². The van der Waals surface area contributed by atoms with Crippen molar-refractivity contribution < 1.29 is 14.3 Å². The number of ketones is 1. The molecule has 2 aromatic carbocycles. The van der Waals surface area contributed by atoms with Crippen LogP contribution in [0.5, 0.6) is 5.75 Å². The van der Waals surface area contributed by atoms with Crippen molar-refractivity contribution in [3.63, 3.8) is 0 Å². The molecule has 2 aliphatic heterocycles. The average molecular weight is 450 g/mol. The fourth-order valence-corrected chi connectivity index (χ4v) is 4.71. The molecule has 4 rings (SSSR count). The SMILES string of the molecule is CC1CCCN1CCCOc1cccc(C(=O)CN2CCN(C(=O)c3ccccc3)CC2)c1. The molecule has 1 atom stereocenters. The largest absolute Gasteiger partial charge is 0.494 e. The maximum absolute atomic E-state index is 12.9. The number of hydrogen-bond acceptors (Lipinski definition) is 5. The summed E-state index contributed by atoms with van der Waals surface area (Å²) in [4.78, 5) is 32.0. The summed E-state index contributed by atoms with van der Waals surface area (Å²) in [5.74, 6) is 0.911. The van der Waals surface area contributed by atoms with Crippen molar-refractivity contribution in [3.05, 3.63) is 65.7 Å². The molecule has 2 saturated heterocycles. The molecule has 2 fully saturated rings. The number of nitrogens with zero attached hydrogens (tertiary/aromatic N) is 3. The summed E-state index contributed by atoms with van der Waals surface area (Å²) in [7, 11) is 0. The molecule has 0 aliphatic carbocycles. The highest BCUT2D eigenvalue weighted by Crippen LogP contribution is 2.18. The van der Waals surface area contributed by atoms with Gasteiger partial charge in [0.2, 0.25) is 0 Å². The maximum Gasteiger partial charge on any atom is 0.253 e. The first-order valence-electron chi connectivity index (χ1n) is 12.2. The lowest BCUT2D eigenvalue weighted by molar-refractivity contribution is 0.0624. The van der Waals surface area contributed by atoms with Gasteiger partial charge in [-0.3, -0.25) is 14.5 Å². The van der Waals surface area contributed by atoms with Crippen LogP contribution in [0.4, 0.5) is 0 Å². The summed E-state index contributed by atoms with van der Waals surface area (Å²) in [6.07, 6.45) is 3.59. The summed E-state index contributed by atoms with van der Waals surface area (Å²) in [6.45, 7) is 8.27. The summed E-state index contributed by atoms with van der Waals surface area (Å²) in [6, 6.07) is 17.6. The van der Waals surface area contributed by atoms with E-state index in [4.69, 9.17) is 4.74 Å². The second kappa shape index (κ2) is 11.4. The third kappa shape index (κ3) is 6.42. The zero-order chi connectivity index (χ0) is 23.0. The lowest BCUT2D eigenvalue weighted by atomic mass is 10.1. The van der Waals surface area contributed by atoms with E-state index < -0.39 is 0 Å². The number of rotatable bonds is 9. The van der Waals surface area contributed by atoms with Crippen LogP contribution in [0.2, 0.25) is 0 Å². The number of likely N-dealkylation sites (tertiary alicyclic amines) is 1. The Morgan fingerprint density at radius 2 is 1.70 bits per heavy atom. The van der Waals surface area contributed by atoms with Gasteiger partial charge in [-0.15, -0.1) is 0 Å². The second-order valence-corrected chi connectivity index (χ2v) is 9.11. The van der Waals surface area contributed by atoms with Crippen molar-refractivity contribution in [1.29, 1.82) is 0 Å². The minimum Gasteiger partial charge on any atom is -0.494 e. The number of benzene rings is 2. The van der Waals surface area contributed by atoms with Gasteiger partial charge in [0.05, 0.1) is 13.2 Å². The van der Waals surface area contributed by atoms with Crippen molar-refractivity contribution in [3.8, 4) is 5.75 Å². The fraction of sp³-hybridized carbons (Fsp3) is 0.481. The summed E-state index contributed by atoms with van der Waals surface area (Å²) in [5, 5.41) is 0. The number of amides is 1. The molecule has 0 radical (unpaired) electrons. The van der Waals surface area contributed by atoms with Gasteiger partial charge in [0.1, 0.15) is 5.75 Å². The Balaban J connectivity index is 1.21. The second-order valence-electron chi connectivity index (χ2n) is 9.11. The van der Waals surface area contributed by atoms with E-state index in [1.165, 1.54) is 19.4 Å². The van der Waals surface area contributed by atoms with Crippen LogP contribution >= 0.6 is 0 Å². The highest BCUT2D eigenvalue weighted by molar-refractivity contribution is 5.98. The molecule has 1 unspecified atom stereocenters. The Hall–Kier alpha value is -2.70. The minimum atomic E-state index is 0.0608. The molecule has 0 bridgehead atoms. The standard InChI is InChI=1S/C27H35N3O3/c1-22-8-6-13-29(22)14-7-19-33-25-12-5-11-24(20-25)26(31)21-28-15-17-30(18-16-28)27(32)23-9-3-2-4-10-23/h2-5,9-12,20,22H,6-8,13-19,21H2,1H3. The number of ether oxygens (including phenoxy) is 1. The lowest BCUT2D eigenvalue weighted by Crippen LogP contribution is -2.49. The monoisotopic (exact) mass is 449 g/mol. The molecule has 0 aromatic heterocycles. The number of carbonyl (C=O) groups is 2. The van der Waals surface area contributed by atoms with Gasteiger partial charge in [0.25, 0.3) is 5.91 Å². The molecule has 0 saturated carbocycles. The van der Waals surface area contributed by atoms with Crippen molar-refractivity contribution in [1.82, 2.24) is 14.7 Å². The van der Waals surface area contributed by atoms with E-state index in [0.717, 1.165) is 18.7 Å². The molecule has 0 spiro atoms. The summed E-state index contributed by atoms with van der Waals surface area (Å²) >= 11 is 0. The predicted molar refractivity (Wildman–Crippen MR) is 130 cm³/mol. The summed E-state index contributed by atoms with van der Waals surface area (Å²) in [5.41, 5.74) is 1.40. The first-order chi connectivity index (χ1) is 16.1. The van der Waals surface area contributed by atoms with Gasteiger partial charge in [-0.05, 0) is 57.0 Å². The van der Waals surface area contributed by atoms with Crippen molar-refractivity contribution in [2.45, 2.75) is 32.2 Å². The van der Waals surface area contributed by atoms with Crippen molar-refractivity contribution >= 4 is 11.7 Å². The third-order valence-corrected chi connectivity index (χ3v) is 6.75. The highest BCUT2D eigenvalue weighted by Gasteiger charge is 2.23. The predicted octanol–water partition coefficient (Wildman–Crippen LogP) is 3.58.